The van der Waals surface area contributed by atoms with Crippen molar-refractivity contribution in [2.75, 3.05) is 6.61 Å². The molecule has 1 aliphatic rings. The van der Waals surface area contributed by atoms with Crippen molar-refractivity contribution in [3.8, 4) is 0 Å². The second kappa shape index (κ2) is 7.51. The topological polar surface area (TPSA) is 68.5 Å². The van der Waals surface area contributed by atoms with Gasteiger partial charge in [-0.05, 0) is 30.9 Å². The Morgan fingerprint density at radius 2 is 2.08 bits per heavy atom. The fourth-order valence-electron chi connectivity index (χ4n) is 3.18. The summed E-state index contributed by atoms with van der Waals surface area (Å²) in [7, 11) is 0. The van der Waals surface area contributed by atoms with E-state index in [2.05, 4.69) is 12.2 Å². The van der Waals surface area contributed by atoms with Gasteiger partial charge in [0.15, 0.2) is 6.61 Å². The number of aryl methyl sites for hydroxylation is 1. The number of amides is 1. The van der Waals surface area contributed by atoms with Crippen LogP contribution in [0.2, 0.25) is 0 Å². The molecule has 1 aliphatic carbocycles. The Morgan fingerprint density at radius 1 is 1.29 bits per heavy atom. The molecular weight excluding hydrogens is 306 g/mol. The Labute approximate surface area is 141 Å². The zero-order valence-corrected chi connectivity index (χ0v) is 14.0. The molecule has 1 amide bonds. The molecule has 1 saturated carbocycles. The smallest absolute Gasteiger partial charge is 0.310 e. The van der Waals surface area contributed by atoms with E-state index >= 15 is 0 Å². The predicted molar refractivity (Wildman–Crippen MR) is 90.7 cm³/mol. The Morgan fingerprint density at radius 3 is 2.83 bits per heavy atom. The average molecular weight is 329 g/mol. The van der Waals surface area contributed by atoms with Crippen LogP contribution in [0, 0.1) is 0 Å². The summed E-state index contributed by atoms with van der Waals surface area (Å²) < 4.78 is 10.6. The van der Waals surface area contributed by atoms with E-state index in [-0.39, 0.29) is 25.0 Å². The van der Waals surface area contributed by atoms with Gasteiger partial charge in [-0.15, -0.1) is 0 Å². The van der Waals surface area contributed by atoms with Gasteiger partial charge in [-0.1, -0.05) is 31.9 Å². The molecule has 0 bridgehead atoms. The summed E-state index contributed by atoms with van der Waals surface area (Å²) in [5.41, 5.74) is 2.75. The molecule has 5 nitrogen and oxygen atoms in total. The lowest BCUT2D eigenvalue weighted by atomic mass is 10.1. The summed E-state index contributed by atoms with van der Waals surface area (Å²) in [5.74, 6) is -0.640. The number of benzene rings is 1. The quantitative estimate of drug-likeness (QED) is 0.827. The second-order valence-corrected chi connectivity index (χ2v) is 6.33. The van der Waals surface area contributed by atoms with Gasteiger partial charge in [0.25, 0.3) is 5.91 Å². The Kier molecular flexibility index (Phi) is 5.18. The standard InChI is InChI=1S/C19H23NO4/c1-2-13-7-8-16-14(11-23-17(16)9-13)10-19(22)24-12-18(21)20-15-5-3-4-6-15/h7-9,11,15H,2-6,10,12H2,1H3,(H,20,21). The maximum Gasteiger partial charge on any atom is 0.310 e. The fraction of sp³-hybridized carbons (Fsp3) is 0.474. The second-order valence-electron chi connectivity index (χ2n) is 6.33. The van der Waals surface area contributed by atoms with Gasteiger partial charge in [0.1, 0.15) is 5.58 Å². The fourth-order valence-corrected chi connectivity index (χ4v) is 3.18. The van der Waals surface area contributed by atoms with Gasteiger partial charge in [0.05, 0.1) is 12.7 Å². The lowest BCUT2D eigenvalue weighted by Crippen LogP contribution is -2.36. The maximum absolute atomic E-state index is 12.0. The van der Waals surface area contributed by atoms with Crippen LogP contribution in [-0.4, -0.2) is 24.5 Å². The zero-order valence-electron chi connectivity index (χ0n) is 14.0. The summed E-state index contributed by atoms with van der Waals surface area (Å²) in [4.78, 5) is 23.8. The van der Waals surface area contributed by atoms with E-state index in [9.17, 15) is 9.59 Å². The van der Waals surface area contributed by atoms with Gasteiger partial charge >= 0.3 is 5.97 Å². The molecule has 0 radical (unpaired) electrons. The molecule has 1 heterocycles. The average Bonchev–Trinajstić information content (AvgIpc) is 3.22. The van der Waals surface area contributed by atoms with Gasteiger partial charge in [0.2, 0.25) is 0 Å². The SMILES string of the molecule is CCc1ccc2c(CC(=O)OCC(=O)NC3CCCC3)coc2c1. The van der Waals surface area contributed by atoms with Crippen LogP contribution in [0.5, 0.6) is 0 Å². The van der Waals surface area contributed by atoms with Crippen LogP contribution < -0.4 is 5.32 Å². The highest BCUT2D eigenvalue weighted by Crippen LogP contribution is 2.23. The lowest BCUT2D eigenvalue weighted by Gasteiger charge is -2.11. The van der Waals surface area contributed by atoms with Crippen molar-refractivity contribution in [3.63, 3.8) is 0 Å². The van der Waals surface area contributed by atoms with Crippen molar-refractivity contribution in [3.05, 3.63) is 35.6 Å². The summed E-state index contributed by atoms with van der Waals surface area (Å²) >= 11 is 0. The Balaban J connectivity index is 1.52. The molecule has 1 N–H and O–H groups in total. The van der Waals surface area contributed by atoms with E-state index in [1.165, 1.54) is 5.56 Å². The molecule has 0 saturated heterocycles. The van der Waals surface area contributed by atoms with Crippen molar-refractivity contribution in [1.82, 2.24) is 5.32 Å². The molecule has 2 aromatic rings. The third-order valence-corrected chi connectivity index (χ3v) is 4.55. The summed E-state index contributed by atoms with van der Waals surface area (Å²) in [6.45, 7) is 1.87. The molecule has 0 aliphatic heterocycles. The van der Waals surface area contributed by atoms with Crippen molar-refractivity contribution in [2.45, 2.75) is 51.5 Å². The van der Waals surface area contributed by atoms with Gasteiger partial charge in [-0.2, -0.15) is 0 Å². The molecule has 128 valence electrons. The van der Waals surface area contributed by atoms with Crippen LogP contribution in [0.25, 0.3) is 11.0 Å². The zero-order chi connectivity index (χ0) is 16.9. The first-order valence-corrected chi connectivity index (χ1v) is 8.59. The highest BCUT2D eigenvalue weighted by Gasteiger charge is 2.18. The van der Waals surface area contributed by atoms with E-state index in [1.54, 1.807) is 6.26 Å². The van der Waals surface area contributed by atoms with Gasteiger partial charge in [0, 0.05) is 17.0 Å². The van der Waals surface area contributed by atoms with E-state index < -0.39 is 5.97 Å². The summed E-state index contributed by atoms with van der Waals surface area (Å²) in [6, 6.07) is 6.22. The normalized spacial score (nSPS) is 14.9. The van der Waals surface area contributed by atoms with Crippen molar-refractivity contribution >= 4 is 22.8 Å². The van der Waals surface area contributed by atoms with Crippen LogP contribution in [-0.2, 0) is 27.2 Å². The molecule has 3 rings (SSSR count). The number of furan rings is 1. The first-order valence-electron chi connectivity index (χ1n) is 8.59. The Bertz CT molecular complexity index is 728. The van der Waals surface area contributed by atoms with Crippen LogP contribution in [0.3, 0.4) is 0 Å². The van der Waals surface area contributed by atoms with E-state index in [1.807, 2.05) is 18.2 Å². The Hall–Kier alpha value is -2.30. The third-order valence-electron chi connectivity index (χ3n) is 4.55. The van der Waals surface area contributed by atoms with Gasteiger partial charge < -0.3 is 14.5 Å². The molecular formula is C19H23NO4. The number of ether oxygens (including phenoxy) is 1. The lowest BCUT2D eigenvalue weighted by molar-refractivity contribution is -0.148. The van der Waals surface area contributed by atoms with Crippen LogP contribution >= 0.6 is 0 Å². The number of carbonyl (C=O) groups excluding carboxylic acids is 2. The van der Waals surface area contributed by atoms with Crippen LogP contribution in [0.15, 0.2) is 28.9 Å². The van der Waals surface area contributed by atoms with E-state index in [0.717, 1.165) is 48.6 Å². The molecule has 0 spiro atoms. The van der Waals surface area contributed by atoms with Gasteiger partial charge in [-0.25, -0.2) is 0 Å². The van der Waals surface area contributed by atoms with E-state index in [4.69, 9.17) is 9.15 Å². The minimum Gasteiger partial charge on any atom is -0.464 e. The number of rotatable bonds is 6. The number of hydrogen-bond acceptors (Lipinski definition) is 4. The first kappa shape index (κ1) is 16.6. The summed E-state index contributed by atoms with van der Waals surface area (Å²) in [5, 5.41) is 3.82. The van der Waals surface area contributed by atoms with Crippen LogP contribution in [0.1, 0.15) is 43.7 Å². The highest BCUT2D eigenvalue weighted by molar-refractivity contribution is 5.87. The monoisotopic (exact) mass is 329 g/mol. The third kappa shape index (κ3) is 3.96. The van der Waals surface area contributed by atoms with Crippen molar-refractivity contribution in [2.24, 2.45) is 0 Å². The first-order chi connectivity index (χ1) is 11.7. The number of nitrogens with one attached hydrogen (secondary N) is 1. The van der Waals surface area contributed by atoms with Gasteiger partial charge in [-0.3, -0.25) is 9.59 Å². The molecule has 5 heteroatoms. The number of carbonyl (C=O) groups is 2. The van der Waals surface area contributed by atoms with Crippen LogP contribution in [0.4, 0.5) is 0 Å². The van der Waals surface area contributed by atoms with Crippen molar-refractivity contribution < 1.29 is 18.7 Å². The predicted octanol–water partition coefficient (Wildman–Crippen LogP) is 3.14. The number of fused-ring (bicyclic) bond motifs is 1. The molecule has 24 heavy (non-hydrogen) atoms. The number of esters is 1. The molecule has 0 atom stereocenters. The molecule has 0 unspecified atom stereocenters. The minimum absolute atomic E-state index is 0.106. The molecule has 1 fully saturated rings. The largest absolute Gasteiger partial charge is 0.464 e. The number of hydrogen-bond donors (Lipinski definition) is 1. The highest BCUT2D eigenvalue weighted by atomic mass is 16.5. The minimum atomic E-state index is -0.418. The van der Waals surface area contributed by atoms with Crippen molar-refractivity contribution in [1.29, 1.82) is 0 Å². The maximum atomic E-state index is 12.0. The molecule has 1 aromatic carbocycles. The van der Waals surface area contributed by atoms with E-state index in [0.29, 0.717) is 0 Å². The molecule has 1 aromatic heterocycles. The summed E-state index contributed by atoms with van der Waals surface area (Å²) in [6.07, 6.45) is 6.96.